The van der Waals surface area contributed by atoms with Crippen LogP contribution in [-0.2, 0) is 11.2 Å². The number of rotatable bonds is 5. The van der Waals surface area contributed by atoms with Crippen LogP contribution in [0.4, 0.5) is 0 Å². The summed E-state index contributed by atoms with van der Waals surface area (Å²) >= 11 is 0. The first kappa shape index (κ1) is 14.9. The maximum absolute atomic E-state index is 6.13. The van der Waals surface area contributed by atoms with E-state index >= 15 is 0 Å². The first-order valence-corrected chi connectivity index (χ1v) is 8.36. The first-order chi connectivity index (χ1) is 10.2. The molecular weight excluding hydrogens is 262 g/mol. The highest BCUT2D eigenvalue weighted by Crippen LogP contribution is 2.42. The number of hydrogen-bond acceptors (Lipinski definition) is 3. The predicted molar refractivity (Wildman–Crippen MR) is 84.9 cm³/mol. The van der Waals surface area contributed by atoms with Crippen LogP contribution in [0.5, 0.6) is 5.75 Å². The van der Waals surface area contributed by atoms with Crippen molar-refractivity contribution in [2.75, 3.05) is 19.8 Å². The van der Waals surface area contributed by atoms with Crippen molar-refractivity contribution in [3.63, 3.8) is 0 Å². The molecule has 0 amide bonds. The van der Waals surface area contributed by atoms with E-state index in [0.29, 0.717) is 0 Å². The molecular formula is C18H27NO2. The first-order valence-electron chi connectivity index (χ1n) is 8.36. The number of aryl methyl sites for hydroxylation is 1. The minimum Gasteiger partial charge on any atom is -0.493 e. The summed E-state index contributed by atoms with van der Waals surface area (Å²) in [6.07, 6.45) is 5.63. The smallest absolute Gasteiger partial charge is 0.127 e. The maximum atomic E-state index is 6.13. The molecule has 1 fully saturated rings. The van der Waals surface area contributed by atoms with E-state index in [0.717, 1.165) is 57.6 Å². The topological polar surface area (TPSA) is 30.5 Å². The molecule has 1 saturated heterocycles. The average molecular weight is 289 g/mol. The van der Waals surface area contributed by atoms with Gasteiger partial charge in [-0.25, -0.2) is 0 Å². The fourth-order valence-corrected chi connectivity index (χ4v) is 3.61. The molecule has 2 aliphatic rings. The lowest BCUT2D eigenvalue weighted by Crippen LogP contribution is -2.42. The number of hydrogen-bond donors (Lipinski definition) is 1. The summed E-state index contributed by atoms with van der Waals surface area (Å²) in [5.41, 5.74) is 2.51. The molecule has 1 aromatic rings. The molecule has 0 bridgehead atoms. The second-order valence-electron chi connectivity index (χ2n) is 6.44. The van der Waals surface area contributed by atoms with Crippen LogP contribution in [0.3, 0.4) is 0 Å². The molecule has 0 radical (unpaired) electrons. The van der Waals surface area contributed by atoms with Gasteiger partial charge >= 0.3 is 0 Å². The summed E-state index contributed by atoms with van der Waals surface area (Å²) in [4.78, 5) is 0. The number of ether oxygens (including phenoxy) is 2. The minimum absolute atomic E-state index is 0.120. The zero-order valence-corrected chi connectivity index (χ0v) is 13.3. The Balaban J connectivity index is 1.96. The van der Waals surface area contributed by atoms with Crippen molar-refractivity contribution in [3.8, 4) is 5.75 Å². The van der Waals surface area contributed by atoms with Crippen LogP contribution in [0.15, 0.2) is 18.2 Å². The van der Waals surface area contributed by atoms with E-state index in [-0.39, 0.29) is 11.6 Å². The Morgan fingerprint density at radius 1 is 1.29 bits per heavy atom. The largest absolute Gasteiger partial charge is 0.493 e. The van der Waals surface area contributed by atoms with Crippen LogP contribution in [0, 0.1) is 0 Å². The van der Waals surface area contributed by atoms with Crippen LogP contribution < -0.4 is 10.1 Å². The Kier molecular flexibility index (Phi) is 4.51. The van der Waals surface area contributed by atoms with E-state index in [2.05, 4.69) is 37.4 Å². The van der Waals surface area contributed by atoms with Crippen molar-refractivity contribution in [1.29, 1.82) is 0 Å². The summed E-state index contributed by atoms with van der Waals surface area (Å²) in [5.74, 6) is 1.11. The molecule has 0 spiro atoms. The second kappa shape index (κ2) is 6.37. The Hall–Kier alpha value is -1.06. The lowest BCUT2D eigenvalue weighted by Gasteiger charge is -2.36. The molecule has 1 aromatic carbocycles. The zero-order chi connectivity index (χ0) is 14.7. The van der Waals surface area contributed by atoms with Crippen molar-refractivity contribution in [1.82, 2.24) is 5.32 Å². The molecule has 0 saturated carbocycles. The van der Waals surface area contributed by atoms with Gasteiger partial charge in [-0.3, -0.25) is 0 Å². The van der Waals surface area contributed by atoms with Crippen molar-refractivity contribution in [3.05, 3.63) is 29.3 Å². The highest BCUT2D eigenvalue weighted by atomic mass is 16.5. The summed E-state index contributed by atoms with van der Waals surface area (Å²) in [7, 11) is 0. The molecule has 3 rings (SSSR count). The lowest BCUT2D eigenvalue weighted by molar-refractivity contribution is -0.0132. The van der Waals surface area contributed by atoms with Crippen LogP contribution >= 0.6 is 0 Å². The molecule has 1 N–H and O–H groups in total. The number of nitrogens with one attached hydrogen (secondary N) is 1. The number of benzene rings is 1. The van der Waals surface area contributed by atoms with Gasteiger partial charge in [0.15, 0.2) is 0 Å². The van der Waals surface area contributed by atoms with E-state index in [1.165, 1.54) is 11.1 Å². The van der Waals surface area contributed by atoms with Crippen LogP contribution in [-0.4, -0.2) is 25.4 Å². The van der Waals surface area contributed by atoms with Gasteiger partial charge < -0.3 is 14.8 Å². The van der Waals surface area contributed by atoms with Crippen LogP contribution in [0.2, 0.25) is 0 Å². The molecule has 0 aliphatic carbocycles. The Morgan fingerprint density at radius 3 is 2.95 bits per heavy atom. The quantitative estimate of drug-likeness (QED) is 0.898. The number of fused-ring (bicyclic) bond motifs is 1. The Labute approximate surface area is 128 Å². The molecule has 2 heterocycles. The third-order valence-electron chi connectivity index (χ3n) is 4.73. The van der Waals surface area contributed by atoms with E-state index < -0.39 is 0 Å². The number of para-hydroxylation sites is 1. The van der Waals surface area contributed by atoms with E-state index in [1.807, 2.05) is 0 Å². The van der Waals surface area contributed by atoms with E-state index in [1.54, 1.807) is 0 Å². The van der Waals surface area contributed by atoms with Crippen molar-refractivity contribution in [2.24, 2.45) is 0 Å². The minimum atomic E-state index is -0.120. The van der Waals surface area contributed by atoms with Gasteiger partial charge in [-0.2, -0.15) is 0 Å². The fourth-order valence-electron chi connectivity index (χ4n) is 3.61. The molecule has 2 atom stereocenters. The van der Waals surface area contributed by atoms with Crippen LogP contribution in [0.25, 0.3) is 0 Å². The van der Waals surface area contributed by atoms with Crippen molar-refractivity contribution < 1.29 is 9.47 Å². The van der Waals surface area contributed by atoms with Gasteiger partial charge in [-0.15, -0.1) is 0 Å². The zero-order valence-electron chi connectivity index (χ0n) is 13.3. The normalized spacial score (nSPS) is 26.2. The van der Waals surface area contributed by atoms with Gasteiger partial charge in [0, 0.05) is 12.2 Å². The van der Waals surface area contributed by atoms with Crippen molar-refractivity contribution in [2.45, 2.75) is 57.6 Å². The molecule has 2 aliphatic heterocycles. The lowest BCUT2D eigenvalue weighted by atomic mass is 9.85. The third kappa shape index (κ3) is 2.95. The molecule has 116 valence electrons. The van der Waals surface area contributed by atoms with E-state index in [9.17, 15) is 0 Å². The molecule has 2 unspecified atom stereocenters. The van der Waals surface area contributed by atoms with E-state index in [4.69, 9.17) is 9.47 Å². The van der Waals surface area contributed by atoms with Gasteiger partial charge in [0.25, 0.3) is 0 Å². The van der Waals surface area contributed by atoms with Gasteiger partial charge in [-0.05, 0) is 51.1 Å². The van der Waals surface area contributed by atoms with Gasteiger partial charge in [-0.1, -0.05) is 25.1 Å². The summed E-state index contributed by atoms with van der Waals surface area (Å²) in [5, 5.41) is 3.71. The third-order valence-corrected chi connectivity index (χ3v) is 4.73. The highest BCUT2D eigenvalue weighted by Gasteiger charge is 2.40. The Bertz CT molecular complexity index is 480. The standard InChI is InChI=1S/C18H27NO2/c1-3-11-19-17(18(2)10-6-13-21-18)15-9-4-7-14-8-5-12-20-16(14)15/h4,7,9,17,19H,3,5-6,8,10-13H2,1-2H3. The van der Waals surface area contributed by atoms with Crippen molar-refractivity contribution >= 4 is 0 Å². The molecule has 3 heteroatoms. The second-order valence-corrected chi connectivity index (χ2v) is 6.44. The summed E-state index contributed by atoms with van der Waals surface area (Å²) in [6.45, 7) is 7.17. The SMILES string of the molecule is CCCNC(c1cccc2c1OCCC2)C1(C)CCCO1. The monoisotopic (exact) mass is 289 g/mol. The summed E-state index contributed by atoms with van der Waals surface area (Å²) in [6, 6.07) is 6.80. The van der Waals surface area contributed by atoms with Gasteiger partial charge in [0.05, 0.1) is 18.2 Å². The molecule has 21 heavy (non-hydrogen) atoms. The summed E-state index contributed by atoms with van der Waals surface area (Å²) < 4.78 is 12.2. The van der Waals surface area contributed by atoms with Gasteiger partial charge in [0.1, 0.15) is 5.75 Å². The maximum Gasteiger partial charge on any atom is 0.127 e. The predicted octanol–water partition coefficient (Wildman–Crippen LogP) is 3.62. The fraction of sp³-hybridized carbons (Fsp3) is 0.667. The molecule has 0 aromatic heterocycles. The highest BCUT2D eigenvalue weighted by molar-refractivity contribution is 5.45. The van der Waals surface area contributed by atoms with Crippen LogP contribution in [0.1, 0.15) is 56.7 Å². The average Bonchev–Trinajstić information content (AvgIpc) is 2.95. The Morgan fingerprint density at radius 2 is 2.19 bits per heavy atom. The van der Waals surface area contributed by atoms with Gasteiger partial charge in [0.2, 0.25) is 0 Å². The molecule has 3 nitrogen and oxygen atoms in total.